The molecule has 7 rings (SSSR count). The number of rotatable bonds is 8. The average Bonchev–Trinajstić information content (AvgIpc) is 3.57. The first kappa shape index (κ1) is 33.7. The highest BCUT2D eigenvalue weighted by molar-refractivity contribution is 5.66. The molecule has 264 valence electrons. The monoisotopic (exact) mass is 649 g/mol. The van der Waals surface area contributed by atoms with E-state index in [0.717, 1.165) is 31.6 Å². The summed E-state index contributed by atoms with van der Waals surface area (Å²) in [7, 11) is 0. The number of fused-ring (bicyclic) bond motifs is 4. The molecule has 9 heteroatoms. The Bertz CT molecular complexity index is 1160. The average molecular weight is 650 g/mol. The first-order valence-electron chi connectivity index (χ1n) is 18.5. The number of nitrogens with zero attached hydrogens (tertiary/aromatic N) is 1. The number of hydrogen-bond donors (Lipinski definition) is 3. The van der Waals surface area contributed by atoms with Crippen LogP contribution in [-0.2, 0) is 23.7 Å². The van der Waals surface area contributed by atoms with Gasteiger partial charge in [-0.25, -0.2) is 0 Å². The van der Waals surface area contributed by atoms with Crippen LogP contribution in [0, 0.1) is 45.3 Å². The van der Waals surface area contributed by atoms with E-state index in [1.807, 2.05) is 0 Å². The smallest absolute Gasteiger partial charge is 0.303 e. The summed E-state index contributed by atoms with van der Waals surface area (Å²) in [5, 5.41) is 30.4. The van der Waals surface area contributed by atoms with Crippen molar-refractivity contribution in [3.05, 3.63) is 0 Å². The quantitative estimate of drug-likeness (QED) is 0.326. The second-order valence-electron chi connectivity index (χ2n) is 18.0. The molecule has 5 saturated carbocycles. The van der Waals surface area contributed by atoms with Crippen molar-refractivity contribution < 1.29 is 40.5 Å². The van der Waals surface area contributed by atoms with Crippen LogP contribution in [0.4, 0.5) is 0 Å². The van der Waals surface area contributed by atoms with Gasteiger partial charge in [0.15, 0.2) is 12.4 Å². The number of morpholine rings is 1. The fraction of sp³-hybridized carbons (Fsp3) is 0.973. The molecule has 9 nitrogen and oxygen atoms in total. The Morgan fingerprint density at radius 3 is 2.43 bits per heavy atom. The molecule has 0 radical (unpaired) electrons. The molecule has 0 amide bonds. The zero-order chi connectivity index (χ0) is 32.9. The molecule has 5 aliphatic carbocycles. The van der Waals surface area contributed by atoms with Crippen LogP contribution in [0.2, 0.25) is 0 Å². The summed E-state index contributed by atoms with van der Waals surface area (Å²) in [6.07, 6.45) is 10.9. The summed E-state index contributed by atoms with van der Waals surface area (Å²) < 4.78 is 25.4. The Labute approximate surface area is 277 Å². The molecule has 7 aliphatic rings. The van der Waals surface area contributed by atoms with Crippen molar-refractivity contribution in [3.63, 3.8) is 0 Å². The van der Waals surface area contributed by atoms with Crippen LogP contribution in [0.1, 0.15) is 107 Å². The van der Waals surface area contributed by atoms with Gasteiger partial charge in [0, 0.05) is 14.9 Å². The number of carbonyl (C=O) groups excluding carboxylic acids is 1. The minimum absolute atomic E-state index is 0. The largest absolute Gasteiger partial charge is 0.457 e. The minimum Gasteiger partial charge on any atom is -0.457 e. The van der Waals surface area contributed by atoms with E-state index < -0.39 is 11.7 Å². The summed E-state index contributed by atoms with van der Waals surface area (Å²) in [5.74, 6) is 2.21. The zero-order valence-electron chi connectivity index (χ0n) is 29.2. The second kappa shape index (κ2) is 11.6. The topological polar surface area (TPSA) is 118 Å². The van der Waals surface area contributed by atoms with Gasteiger partial charge in [0.25, 0.3) is 0 Å². The zero-order valence-corrected chi connectivity index (χ0v) is 29.2. The molecule has 9 unspecified atom stereocenters. The Balaban J connectivity index is 0.00000386. The summed E-state index contributed by atoms with van der Waals surface area (Å²) >= 11 is 0. The minimum atomic E-state index is -1.15. The number of aliphatic hydroxyl groups excluding tert-OH is 2. The Kier molecular flexibility index (Phi) is 8.51. The lowest BCUT2D eigenvalue weighted by atomic mass is 9.46. The first-order chi connectivity index (χ1) is 21.7. The van der Waals surface area contributed by atoms with Gasteiger partial charge >= 0.3 is 5.97 Å². The maximum Gasteiger partial charge on any atom is 0.303 e. The normalized spacial score (nSPS) is 47.2. The molecule has 2 saturated heterocycles. The molecule has 2 spiro atoms. The molecular formula is C37H63NO8. The maximum absolute atomic E-state index is 11.9. The third-order valence-corrected chi connectivity index (χ3v) is 15.2. The molecular weight excluding hydrogens is 586 g/mol. The number of esters is 1. The van der Waals surface area contributed by atoms with E-state index in [1.165, 1.54) is 45.4 Å². The number of hydrogen-bond acceptors (Lipinski definition) is 9. The third kappa shape index (κ3) is 5.07. The van der Waals surface area contributed by atoms with Gasteiger partial charge in [0.2, 0.25) is 0 Å². The van der Waals surface area contributed by atoms with Crippen molar-refractivity contribution in [2.75, 3.05) is 32.9 Å². The standard InChI is InChI=1S/C37H61NO8.H2/c1-22(41)44-32(34(4,5)42)27-9-7-25-28(45-27)17-26-24-8-10-29-33(2,3)30(46-31-18-38(15-16-43-31)23(19-39)20-40)11-12-37(29)21-36(24,37)14-13-35(25,26)6;/h23-32,39-40,42H,7-21H2,1-6H3;1H/t24?,25?,26?,27?,28?,29?,30-,31?,32-,35?,36-,37?;/m0./s1. The van der Waals surface area contributed by atoms with E-state index in [0.29, 0.717) is 48.3 Å². The predicted molar refractivity (Wildman–Crippen MR) is 174 cm³/mol. The molecule has 3 N–H and O–H groups in total. The molecule has 2 aliphatic heterocycles. The van der Waals surface area contributed by atoms with Crippen molar-refractivity contribution in [3.8, 4) is 0 Å². The highest BCUT2D eigenvalue weighted by Crippen LogP contribution is 2.87. The van der Waals surface area contributed by atoms with Crippen LogP contribution in [0.25, 0.3) is 0 Å². The first-order valence-corrected chi connectivity index (χ1v) is 18.5. The van der Waals surface area contributed by atoms with Gasteiger partial charge < -0.3 is 34.3 Å². The Morgan fingerprint density at radius 1 is 1.00 bits per heavy atom. The summed E-state index contributed by atoms with van der Waals surface area (Å²) in [6.45, 7) is 14.1. The van der Waals surface area contributed by atoms with Gasteiger partial charge in [-0.2, -0.15) is 0 Å². The van der Waals surface area contributed by atoms with Gasteiger partial charge in [0.05, 0.1) is 56.3 Å². The van der Waals surface area contributed by atoms with Gasteiger partial charge in [-0.15, -0.1) is 0 Å². The lowest BCUT2D eigenvalue weighted by molar-refractivity contribution is -0.249. The number of ether oxygens (including phenoxy) is 4. The van der Waals surface area contributed by atoms with Crippen molar-refractivity contribution in [2.45, 2.75) is 148 Å². The van der Waals surface area contributed by atoms with Gasteiger partial charge in [-0.3, -0.25) is 9.69 Å². The van der Waals surface area contributed by atoms with Crippen molar-refractivity contribution in [1.29, 1.82) is 0 Å². The van der Waals surface area contributed by atoms with E-state index in [9.17, 15) is 20.1 Å². The molecule has 0 aromatic carbocycles. The van der Waals surface area contributed by atoms with Gasteiger partial charge in [-0.05, 0) is 123 Å². The lowest BCUT2D eigenvalue weighted by Crippen LogP contribution is -2.57. The predicted octanol–water partition coefficient (Wildman–Crippen LogP) is 4.54. The van der Waals surface area contributed by atoms with E-state index in [2.05, 4.69) is 25.7 Å². The fourth-order valence-electron chi connectivity index (χ4n) is 13.1. The van der Waals surface area contributed by atoms with Crippen molar-refractivity contribution in [1.82, 2.24) is 4.90 Å². The van der Waals surface area contributed by atoms with Crippen molar-refractivity contribution >= 4 is 5.97 Å². The molecule has 7 fully saturated rings. The van der Waals surface area contributed by atoms with Crippen LogP contribution >= 0.6 is 0 Å². The van der Waals surface area contributed by atoms with Gasteiger partial charge in [-0.1, -0.05) is 20.8 Å². The van der Waals surface area contributed by atoms with Crippen LogP contribution in [0.3, 0.4) is 0 Å². The Hall–Kier alpha value is -0.810. The molecule has 2 heterocycles. The van der Waals surface area contributed by atoms with E-state index in [1.54, 1.807) is 13.8 Å². The van der Waals surface area contributed by atoms with Crippen molar-refractivity contribution in [2.24, 2.45) is 45.3 Å². The molecule has 12 atom stereocenters. The summed E-state index contributed by atoms with van der Waals surface area (Å²) in [5.41, 5.74) is 0.0399. The molecule has 0 bridgehead atoms. The van der Waals surface area contributed by atoms with E-state index in [-0.39, 0.29) is 62.1 Å². The highest BCUT2D eigenvalue weighted by Gasteiger charge is 2.80. The summed E-state index contributed by atoms with van der Waals surface area (Å²) in [6, 6.07) is -0.260. The van der Waals surface area contributed by atoms with E-state index in [4.69, 9.17) is 18.9 Å². The fourth-order valence-corrected chi connectivity index (χ4v) is 13.1. The van der Waals surface area contributed by atoms with Gasteiger partial charge in [0.1, 0.15) is 0 Å². The number of aliphatic hydroxyl groups is 3. The van der Waals surface area contributed by atoms with Crippen LogP contribution in [0.15, 0.2) is 0 Å². The maximum atomic E-state index is 11.9. The molecule has 0 aromatic rings. The molecule has 46 heavy (non-hydrogen) atoms. The van der Waals surface area contributed by atoms with Crippen LogP contribution in [0.5, 0.6) is 0 Å². The highest BCUT2D eigenvalue weighted by atomic mass is 16.7. The van der Waals surface area contributed by atoms with E-state index >= 15 is 0 Å². The molecule has 0 aromatic heterocycles. The number of carbonyl (C=O) groups is 1. The lowest BCUT2D eigenvalue weighted by Gasteiger charge is -2.60. The summed E-state index contributed by atoms with van der Waals surface area (Å²) in [4.78, 5) is 14.1. The van der Waals surface area contributed by atoms with Crippen LogP contribution in [-0.4, -0.2) is 101 Å². The SMILES string of the molecule is CC(=O)O[C@@H](C1CCC2C(CC3C4CCC5C(C)(C)[C@@H](OC6CN(C(CO)CO)CCO6)CCC56C[C@@]46CCC23C)O1)C(C)(C)O.[HH]. The Morgan fingerprint density at radius 2 is 1.74 bits per heavy atom. The second-order valence-corrected chi connectivity index (χ2v) is 18.0. The third-order valence-electron chi connectivity index (χ3n) is 15.2. The van der Waals surface area contributed by atoms with Crippen LogP contribution < -0.4 is 0 Å².